The fraction of sp³-hybridized carbons (Fsp3) is 0.636. The normalized spacial score (nSPS) is 24.6. The lowest BCUT2D eigenvalue weighted by Crippen LogP contribution is -2.47. The van der Waals surface area contributed by atoms with Crippen LogP contribution in [0.1, 0.15) is 63.0 Å². The lowest BCUT2D eigenvalue weighted by atomic mass is 9.90. The summed E-state index contributed by atoms with van der Waals surface area (Å²) in [6.45, 7) is 1.18. The number of urea groups is 1. The number of rotatable bonds is 5. The van der Waals surface area contributed by atoms with Crippen molar-refractivity contribution in [2.45, 2.75) is 62.9 Å². The molecule has 0 aromatic heterocycles. The minimum absolute atomic E-state index is 0.0447. The first-order chi connectivity index (χ1) is 14.1. The Morgan fingerprint density at radius 3 is 2.52 bits per heavy atom. The van der Waals surface area contributed by atoms with E-state index in [1.165, 1.54) is 4.90 Å². The van der Waals surface area contributed by atoms with Crippen LogP contribution in [0.2, 0.25) is 0 Å². The van der Waals surface area contributed by atoms with Gasteiger partial charge >= 0.3 is 6.03 Å². The number of amides is 3. The topological polar surface area (TPSA) is 71.1 Å². The molecule has 2 aliphatic heterocycles. The monoisotopic (exact) mass is 401 g/mol. The lowest BCUT2D eigenvalue weighted by Gasteiger charge is -2.30. The number of likely N-dealkylation sites (tertiary alicyclic amines) is 1. The summed E-state index contributed by atoms with van der Waals surface area (Å²) in [7, 11) is 3.29. The molecule has 1 aromatic rings. The number of hydrogen-bond donors (Lipinski definition) is 1. The van der Waals surface area contributed by atoms with Crippen molar-refractivity contribution >= 4 is 11.9 Å². The van der Waals surface area contributed by atoms with Crippen LogP contribution in [0.25, 0.3) is 0 Å². The average Bonchev–Trinajstić information content (AvgIpc) is 3.18. The number of methoxy groups -OCH3 is 2. The Balaban J connectivity index is 1.53. The molecule has 2 saturated heterocycles. The van der Waals surface area contributed by atoms with Crippen molar-refractivity contribution in [3.8, 4) is 11.5 Å². The van der Waals surface area contributed by atoms with Crippen molar-refractivity contribution in [1.82, 2.24) is 15.1 Å². The van der Waals surface area contributed by atoms with Crippen LogP contribution in [0.15, 0.2) is 18.2 Å². The maximum atomic E-state index is 13.3. The zero-order chi connectivity index (χ0) is 20.4. The fourth-order valence-corrected chi connectivity index (χ4v) is 5.10. The predicted octanol–water partition coefficient (Wildman–Crippen LogP) is 3.44. The Morgan fingerprint density at radius 2 is 1.83 bits per heavy atom. The molecule has 3 aliphatic rings. The summed E-state index contributed by atoms with van der Waals surface area (Å²) < 4.78 is 10.9. The van der Waals surface area contributed by atoms with Crippen LogP contribution in [0.5, 0.6) is 11.5 Å². The Morgan fingerprint density at radius 1 is 1.07 bits per heavy atom. The van der Waals surface area contributed by atoms with E-state index in [-0.39, 0.29) is 18.0 Å². The SMILES string of the molecule is COc1ccc([C@@H]2CCCN2CN2C(=O)NC3(CCCCCC3)C2=O)c(OC)c1. The maximum Gasteiger partial charge on any atom is 0.326 e. The second-order valence-corrected chi connectivity index (χ2v) is 8.38. The summed E-state index contributed by atoms with van der Waals surface area (Å²) in [4.78, 5) is 29.6. The van der Waals surface area contributed by atoms with Crippen LogP contribution in [0, 0.1) is 0 Å². The minimum Gasteiger partial charge on any atom is -0.497 e. The van der Waals surface area contributed by atoms with E-state index in [2.05, 4.69) is 10.2 Å². The maximum absolute atomic E-state index is 13.3. The standard InChI is InChI=1S/C22H31N3O4/c1-28-16-9-10-17(19(14-16)29-2)18-8-7-13-24(18)15-25-20(26)22(23-21(25)27)11-5-3-4-6-12-22/h9-10,14,18H,3-8,11-13,15H2,1-2H3,(H,23,27)/t18-/m0/s1. The van der Waals surface area contributed by atoms with E-state index in [4.69, 9.17) is 9.47 Å². The van der Waals surface area contributed by atoms with Gasteiger partial charge in [0.05, 0.1) is 20.9 Å². The fourth-order valence-electron chi connectivity index (χ4n) is 5.10. The average molecular weight is 402 g/mol. The van der Waals surface area contributed by atoms with Gasteiger partial charge < -0.3 is 14.8 Å². The Kier molecular flexibility index (Phi) is 5.67. The molecule has 0 bridgehead atoms. The molecule has 0 radical (unpaired) electrons. The smallest absolute Gasteiger partial charge is 0.326 e. The number of carbonyl (C=O) groups excluding carboxylic acids is 2. The Bertz CT molecular complexity index is 773. The summed E-state index contributed by atoms with van der Waals surface area (Å²) in [6.07, 6.45) is 7.76. The molecule has 7 nitrogen and oxygen atoms in total. The molecule has 0 unspecified atom stereocenters. The van der Waals surface area contributed by atoms with E-state index in [1.807, 2.05) is 18.2 Å². The van der Waals surface area contributed by atoms with E-state index < -0.39 is 5.54 Å². The molecule has 3 amide bonds. The predicted molar refractivity (Wildman–Crippen MR) is 109 cm³/mol. The van der Waals surface area contributed by atoms with Crippen molar-refractivity contribution in [1.29, 1.82) is 0 Å². The first-order valence-corrected chi connectivity index (χ1v) is 10.7. The number of hydrogen-bond acceptors (Lipinski definition) is 5. The van der Waals surface area contributed by atoms with Crippen molar-refractivity contribution in [2.75, 3.05) is 27.4 Å². The van der Waals surface area contributed by atoms with Gasteiger partial charge in [-0.1, -0.05) is 31.7 Å². The van der Waals surface area contributed by atoms with E-state index >= 15 is 0 Å². The van der Waals surface area contributed by atoms with Gasteiger partial charge in [0.1, 0.15) is 17.0 Å². The highest BCUT2D eigenvalue weighted by atomic mass is 16.5. The van der Waals surface area contributed by atoms with E-state index in [9.17, 15) is 9.59 Å². The molecule has 29 heavy (non-hydrogen) atoms. The summed E-state index contributed by atoms with van der Waals surface area (Å²) in [5.41, 5.74) is 0.391. The number of carbonyl (C=O) groups is 2. The van der Waals surface area contributed by atoms with E-state index in [1.54, 1.807) is 14.2 Å². The Hall–Kier alpha value is -2.28. The molecule has 1 spiro atoms. The third-order valence-corrected chi connectivity index (χ3v) is 6.69. The van der Waals surface area contributed by atoms with Gasteiger partial charge in [-0.05, 0) is 31.7 Å². The summed E-state index contributed by atoms with van der Waals surface area (Å²) in [5, 5.41) is 3.04. The number of benzene rings is 1. The second-order valence-electron chi connectivity index (χ2n) is 8.38. The van der Waals surface area contributed by atoms with Crippen molar-refractivity contribution < 1.29 is 19.1 Å². The molecular formula is C22H31N3O4. The Labute approximate surface area is 172 Å². The third-order valence-electron chi connectivity index (χ3n) is 6.69. The van der Waals surface area contributed by atoms with Gasteiger partial charge in [-0.25, -0.2) is 9.69 Å². The first kappa shape index (κ1) is 20.0. The molecule has 158 valence electrons. The number of nitrogens with one attached hydrogen (secondary N) is 1. The van der Waals surface area contributed by atoms with Gasteiger partial charge in [0.15, 0.2) is 0 Å². The number of ether oxygens (including phenoxy) is 2. The minimum atomic E-state index is -0.680. The van der Waals surface area contributed by atoms with Gasteiger partial charge in [-0.15, -0.1) is 0 Å². The van der Waals surface area contributed by atoms with Gasteiger partial charge in [0.2, 0.25) is 0 Å². The van der Waals surface area contributed by atoms with Crippen LogP contribution >= 0.6 is 0 Å². The van der Waals surface area contributed by atoms with Crippen LogP contribution in [-0.2, 0) is 4.79 Å². The van der Waals surface area contributed by atoms with Gasteiger partial charge in [-0.3, -0.25) is 9.69 Å². The molecule has 7 heteroatoms. The quantitative estimate of drug-likeness (QED) is 0.766. The molecule has 1 aliphatic carbocycles. The molecule has 1 N–H and O–H groups in total. The van der Waals surface area contributed by atoms with Crippen LogP contribution < -0.4 is 14.8 Å². The van der Waals surface area contributed by atoms with Crippen molar-refractivity contribution in [3.63, 3.8) is 0 Å². The summed E-state index contributed by atoms with van der Waals surface area (Å²) >= 11 is 0. The van der Waals surface area contributed by atoms with Crippen LogP contribution in [0.3, 0.4) is 0 Å². The first-order valence-electron chi connectivity index (χ1n) is 10.7. The summed E-state index contributed by atoms with van der Waals surface area (Å²) in [6, 6.07) is 5.72. The molecular weight excluding hydrogens is 370 g/mol. The van der Waals surface area contributed by atoms with Gasteiger partial charge in [0.25, 0.3) is 5.91 Å². The van der Waals surface area contributed by atoms with E-state index in [0.717, 1.165) is 75.0 Å². The van der Waals surface area contributed by atoms with Crippen LogP contribution in [-0.4, -0.2) is 54.7 Å². The van der Waals surface area contributed by atoms with Crippen molar-refractivity contribution in [2.24, 2.45) is 0 Å². The second kappa shape index (κ2) is 8.22. The highest BCUT2D eigenvalue weighted by Crippen LogP contribution is 2.40. The largest absolute Gasteiger partial charge is 0.497 e. The molecule has 2 heterocycles. The molecule has 3 fully saturated rings. The van der Waals surface area contributed by atoms with Crippen LogP contribution in [0.4, 0.5) is 4.79 Å². The summed E-state index contributed by atoms with van der Waals surface area (Å²) in [5.74, 6) is 1.48. The van der Waals surface area contributed by atoms with Gasteiger partial charge in [0, 0.05) is 24.2 Å². The molecule has 1 atom stereocenters. The zero-order valence-corrected chi connectivity index (χ0v) is 17.4. The third kappa shape index (κ3) is 3.68. The molecule has 4 rings (SSSR count). The highest BCUT2D eigenvalue weighted by molar-refractivity contribution is 6.07. The molecule has 1 saturated carbocycles. The van der Waals surface area contributed by atoms with Crippen molar-refractivity contribution in [3.05, 3.63) is 23.8 Å². The number of imide groups is 1. The zero-order valence-electron chi connectivity index (χ0n) is 17.4. The lowest BCUT2D eigenvalue weighted by molar-refractivity contribution is -0.133. The van der Waals surface area contributed by atoms with E-state index in [0.29, 0.717) is 6.67 Å². The van der Waals surface area contributed by atoms with Gasteiger partial charge in [-0.2, -0.15) is 0 Å². The molecule has 1 aromatic carbocycles. The number of nitrogens with zero attached hydrogens (tertiary/aromatic N) is 2. The highest BCUT2D eigenvalue weighted by Gasteiger charge is 2.51.